The van der Waals surface area contributed by atoms with E-state index in [4.69, 9.17) is 0 Å². The second-order valence-corrected chi connectivity index (χ2v) is 7.27. The molecule has 0 bridgehead atoms. The van der Waals surface area contributed by atoms with E-state index < -0.39 is 0 Å². The van der Waals surface area contributed by atoms with E-state index in [1.165, 1.54) is 17.8 Å². The van der Waals surface area contributed by atoms with Crippen molar-refractivity contribution in [3.05, 3.63) is 41.4 Å². The van der Waals surface area contributed by atoms with Gasteiger partial charge in [-0.15, -0.1) is 11.3 Å². The summed E-state index contributed by atoms with van der Waals surface area (Å²) in [6.07, 6.45) is 4.64. The minimum Gasteiger partial charge on any atom is -0.339 e. The van der Waals surface area contributed by atoms with Crippen LogP contribution < -0.4 is 10.6 Å². The van der Waals surface area contributed by atoms with Gasteiger partial charge in [-0.3, -0.25) is 10.1 Å². The third-order valence-electron chi connectivity index (χ3n) is 4.55. The van der Waals surface area contributed by atoms with E-state index in [-0.39, 0.29) is 18.4 Å². The van der Waals surface area contributed by atoms with Gasteiger partial charge in [0.25, 0.3) is 0 Å². The van der Waals surface area contributed by atoms with E-state index in [0.717, 1.165) is 25.8 Å². The number of aromatic nitrogens is 1. The van der Waals surface area contributed by atoms with Crippen LogP contribution in [0.25, 0.3) is 0 Å². The lowest BCUT2D eigenvalue weighted by Gasteiger charge is -2.35. The van der Waals surface area contributed by atoms with Crippen molar-refractivity contribution >= 4 is 34.1 Å². The lowest BCUT2D eigenvalue weighted by molar-refractivity contribution is -0.134. The molecule has 1 aliphatic heterocycles. The van der Waals surface area contributed by atoms with Crippen LogP contribution in [-0.2, 0) is 11.2 Å². The van der Waals surface area contributed by atoms with Gasteiger partial charge in [0.15, 0.2) is 5.13 Å². The molecule has 0 saturated carbocycles. The molecule has 138 valence electrons. The molecule has 1 saturated heterocycles. The van der Waals surface area contributed by atoms with Gasteiger partial charge < -0.3 is 10.2 Å². The summed E-state index contributed by atoms with van der Waals surface area (Å²) in [5, 5.41) is 7.79. The Balaban J connectivity index is 1.54. The average molecular weight is 372 g/mol. The van der Waals surface area contributed by atoms with Crippen molar-refractivity contribution in [2.45, 2.75) is 45.1 Å². The fourth-order valence-electron chi connectivity index (χ4n) is 3.24. The third kappa shape index (κ3) is 4.82. The summed E-state index contributed by atoms with van der Waals surface area (Å²) in [7, 11) is 0. The van der Waals surface area contributed by atoms with Crippen molar-refractivity contribution in [3.8, 4) is 0 Å². The Bertz CT molecular complexity index is 747. The Morgan fingerprint density at radius 3 is 2.81 bits per heavy atom. The summed E-state index contributed by atoms with van der Waals surface area (Å²) >= 11 is 1.33. The van der Waals surface area contributed by atoms with E-state index in [2.05, 4.69) is 22.5 Å². The number of nitrogens with one attached hydrogen (secondary N) is 2. The number of carbonyl (C=O) groups excluding carboxylic acids is 2. The molecule has 0 aliphatic carbocycles. The van der Waals surface area contributed by atoms with E-state index in [9.17, 15) is 9.59 Å². The highest BCUT2D eigenvalue weighted by Gasteiger charge is 2.25. The Labute approximate surface area is 157 Å². The molecule has 3 rings (SSSR count). The number of thiazole rings is 1. The molecule has 1 atom stereocenters. The Morgan fingerprint density at radius 1 is 1.23 bits per heavy atom. The number of nitrogens with zero attached hydrogens (tertiary/aromatic N) is 2. The number of hydrogen-bond acceptors (Lipinski definition) is 4. The number of urea groups is 1. The molecule has 2 aromatic rings. The first-order valence-corrected chi connectivity index (χ1v) is 9.90. The van der Waals surface area contributed by atoms with Gasteiger partial charge in [0.05, 0.1) is 12.1 Å². The zero-order valence-electron chi connectivity index (χ0n) is 14.9. The molecule has 0 unspecified atom stereocenters. The Kier molecular flexibility index (Phi) is 6.22. The molecule has 2 heterocycles. The van der Waals surface area contributed by atoms with Crippen LogP contribution in [-0.4, -0.2) is 34.4 Å². The second kappa shape index (κ2) is 8.80. The summed E-state index contributed by atoms with van der Waals surface area (Å²) in [4.78, 5) is 31.0. The SMILES string of the molecule is CC[C@H]1CCCCN1C(=O)Cc1csc(NC(=O)Nc2ccccc2)n1. The van der Waals surface area contributed by atoms with Gasteiger partial charge in [-0.2, -0.15) is 0 Å². The van der Waals surface area contributed by atoms with Crippen LogP contribution in [0.1, 0.15) is 38.3 Å². The van der Waals surface area contributed by atoms with E-state index >= 15 is 0 Å². The van der Waals surface area contributed by atoms with Crippen LogP contribution in [0.2, 0.25) is 0 Å². The van der Waals surface area contributed by atoms with E-state index in [1.807, 2.05) is 40.6 Å². The van der Waals surface area contributed by atoms with Crippen molar-refractivity contribution in [2.75, 3.05) is 17.2 Å². The van der Waals surface area contributed by atoms with Crippen LogP contribution in [0, 0.1) is 0 Å². The molecule has 1 aliphatic rings. The van der Waals surface area contributed by atoms with Crippen LogP contribution in [0.4, 0.5) is 15.6 Å². The molecule has 0 spiro atoms. The first-order valence-electron chi connectivity index (χ1n) is 9.02. The topological polar surface area (TPSA) is 74.3 Å². The minimum atomic E-state index is -0.342. The molecule has 1 aromatic heterocycles. The smallest absolute Gasteiger partial charge is 0.325 e. The first kappa shape index (κ1) is 18.4. The van der Waals surface area contributed by atoms with Gasteiger partial charge in [0.1, 0.15) is 0 Å². The zero-order valence-corrected chi connectivity index (χ0v) is 15.7. The van der Waals surface area contributed by atoms with Crippen molar-refractivity contribution < 1.29 is 9.59 Å². The monoisotopic (exact) mass is 372 g/mol. The van der Waals surface area contributed by atoms with Crippen molar-refractivity contribution in [1.82, 2.24) is 9.88 Å². The number of likely N-dealkylation sites (tertiary alicyclic amines) is 1. The highest BCUT2D eigenvalue weighted by molar-refractivity contribution is 7.14. The predicted molar refractivity (Wildman–Crippen MR) is 105 cm³/mol. The molecular weight excluding hydrogens is 348 g/mol. The molecule has 6 nitrogen and oxygen atoms in total. The highest BCUT2D eigenvalue weighted by atomic mass is 32.1. The number of benzene rings is 1. The predicted octanol–water partition coefficient (Wildman–Crippen LogP) is 4.12. The molecule has 3 amide bonds. The number of hydrogen-bond donors (Lipinski definition) is 2. The molecule has 2 N–H and O–H groups in total. The fourth-order valence-corrected chi connectivity index (χ4v) is 3.94. The lowest BCUT2D eigenvalue weighted by Crippen LogP contribution is -2.44. The molecule has 0 radical (unpaired) electrons. The quantitative estimate of drug-likeness (QED) is 0.829. The van der Waals surface area contributed by atoms with Gasteiger partial charge in [-0.1, -0.05) is 25.1 Å². The lowest BCUT2D eigenvalue weighted by atomic mass is 9.99. The maximum absolute atomic E-state index is 12.6. The van der Waals surface area contributed by atoms with Crippen LogP contribution in [0.15, 0.2) is 35.7 Å². The van der Waals surface area contributed by atoms with Gasteiger partial charge in [0.2, 0.25) is 5.91 Å². The number of para-hydroxylation sites is 1. The highest BCUT2D eigenvalue weighted by Crippen LogP contribution is 2.22. The second-order valence-electron chi connectivity index (χ2n) is 6.41. The van der Waals surface area contributed by atoms with Crippen LogP contribution in [0.3, 0.4) is 0 Å². The number of piperidine rings is 1. The van der Waals surface area contributed by atoms with Gasteiger partial charge >= 0.3 is 6.03 Å². The Morgan fingerprint density at radius 2 is 2.04 bits per heavy atom. The minimum absolute atomic E-state index is 0.127. The summed E-state index contributed by atoms with van der Waals surface area (Å²) in [5.41, 5.74) is 1.42. The molecule has 1 fully saturated rings. The number of anilines is 2. The van der Waals surface area contributed by atoms with Crippen molar-refractivity contribution in [3.63, 3.8) is 0 Å². The Hall–Kier alpha value is -2.41. The number of amides is 3. The normalized spacial score (nSPS) is 17.0. The van der Waals surface area contributed by atoms with Gasteiger partial charge in [0, 0.05) is 23.7 Å². The average Bonchev–Trinajstić information content (AvgIpc) is 3.09. The van der Waals surface area contributed by atoms with Crippen molar-refractivity contribution in [1.29, 1.82) is 0 Å². The maximum atomic E-state index is 12.6. The number of rotatable bonds is 5. The summed E-state index contributed by atoms with van der Waals surface area (Å²) in [5.74, 6) is 0.127. The molecule has 1 aromatic carbocycles. The van der Waals surface area contributed by atoms with E-state index in [0.29, 0.717) is 22.6 Å². The molecule has 7 heteroatoms. The fraction of sp³-hybridized carbons (Fsp3) is 0.421. The van der Waals surface area contributed by atoms with Crippen LogP contribution in [0.5, 0.6) is 0 Å². The van der Waals surface area contributed by atoms with Gasteiger partial charge in [-0.05, 0) is 37.8 Å². The third-order valence-corrected chi connectivity index (χ3v) is 5.36. The van der Waals surface area contributed by atoms with Crippen molar-refractivity contribution in [2.24, 2.45) is 0 Å². The molecule has 26 heavy (non-hydrogen) atoms. The maximum Gasteiger partial charge on any atom is 0.325 e. The summed E-state index contributed by atoms with van der Waals surface area (Å²) in [6.45, 7) is 2.97. The standard InChI is InChI=1S/C19H24N4O2S/c1-2-16-10-6-7-11-23(16)17(24)12-15-13-26-19(21-15)22-18(25)20-14-8-4-3-5-9-14/h3-5,8-9,13,16H,2,6-7,10-12H2,1H3,(H2,20,21,22,25)/t16-/m0/s1. The summed E-state index contributed by atoms with van der Waals surface area (Å²) in [6, 6.07) is 9.23. The van der Waals surface area contributed by atoms with Gasteiger partial charge in [-0.25, -0.2) is 9.78 Å². The first-order chi connectivity index (χ1) is 12.7. The largest absolute Gasteiger partial charge is 0.339 e. The van der Waals surface area contributed by atoms with E-state index in [1.54, 1.807) is 0 Å². The number of carbonyl (C=O) groups is 2. The summed E-state index contributed by atoms with van der Waals surface area (Å²) < 4.78 is 0. The van der Waals surface area contributed by atoms with Crippen LogP contribution >= 0.6 is 11.3 Å². The molecular formula is C19H24N4O2S. The zero-order chi connectivity index (χ0) is 18.4.